The van der Waals surface area contributed by atoms with Gasteiger partial charge in [0.25, 0.3) is 0 Å². The molecule has 2 atom stereocenters. The van der Waals surface area contributed by atoms with Crippen LogP contribution >= 0.6 is 11.8 Å². The Bertz CT molecular complexity index is 224. The summed E-state index contributed by atoms with van der Waals surface area (Å²) in [7, 11) is 2.24. The van der Waals surface area contributed by atoms with Crippen LogP contribution in [0.5, 0.6) is 0 Å². The van der Waals surface area contributed by atoms with Gasteiger partial charge in [0.1, 0.15) is 0 Å². The number of hydrogen-bond donors (Lipinski definition) is 1. The van der Waals surface area contributed by atoms with Gasteiger partial charge in [0.05, 0.1) is 0 Å². The average Bonchev–Trinajstić information content (AvgIpc) is 2.67. The second-order valence-corrected chi connectivity index (χ2v) is 7.45. The molecule has 2 nitrogen and oxygen atoms in total. The van der Waals surface area contributed by atoms with Gasteiger partial charge in [0.2, 0.25) is 0 Å². The molecule has 3 heteroatoms. The Balaban J connectivity index is 1.76. The molecule has 2 aliphatic heterocycles. The van der Waals surface area contributed by atoms with E-state index < -0.39 is 0 Å². The van der Waals surface area contributed by atoms with Crippen molar-refractivity contribution in [3.05, 3.63) is 0 Å². The lowest BCUT2D eigenvalue weighted by Crippen LogP contribution is -2.45. The third kappa shape index (κ3) is 3.14. The number of nitrogens with one attached hydrogen (secondary N) is 1. The minimum atomic E-state index is 0.541. The fourth-order valence-electron chi connectivity index (χ4n) is 2.71. The third-order valence-electron chi connectivity index (χ3n) is 4.36. The first-order chi connectivity index (χ1) is 7.59. The molecular formula is C13H26N2S. The molecule has 2 saturated heterocycles. The first-order valence-electron chi connectivity index (χ1n) is 6.63. The Labute approximate surface area is 105 Å². The molecule has 0 aliphatic carbocycles. The Morgan fingerprint density at radius 3 is 2.62 bits per heavy atom. The van der Waals surface area contributed by atoms with E-state index in [9.17, 15) is 0 Å². The molecular weight excluding hydrogens is 216 g/mol. The number of piperidine rings is 1. The van der Waals surface area contributed by atoms with Crippen LogP contribution in [0.1, 0.15) is 33.1 Å². The van der Waals surface area contributed by atoms with E-state index in [2.05, 4.69) is 42.9 Å². The van der Waals surface area contributed by atoms with E-state index in [0.717, 1.165) is 11.3 Å². The fourth-order valence-corrected chi connectivity index (χ4v) is 3.94. The van der Waals surface area contributed by atoms with Crippen molar-refractivity contribution in [3.63, 3.8) is 0 Å². The minimum absolute atomic E-state index is 0.541. The van der Waals surface area contributed by atoms with Gasteiger partial charge in [-0.25, -0.2) is 0 Å². The van der Waals surface area contributed by atoms with Gasteiger partial charge in [-0.2, -0.15) is 11.8 Å². The molecule has 0 amide bonds. The molecule has 1 N–H and O–H groups in total. The van der Waals surface area contributed by atoms with Crippen molar-refractivity contribution in [2.75, 3.05) is 32.4 Å². The standard InChI is InChI=1S/C13H26N2S/c1-11-12(4-9-16-11)14-10-13(2)5-7-15(3)8-6-13/h11-12,14H,4-10H2,1-3H3. The predicted molar refractivity (Wildman–Crippen MR) is 73.2 cm³/mol. The second-order valence-electron chi connectivity index (χ2n) is 5.97. The van der Waals surface area contributed by atoms with E-state index in [1.165, 1.54) is 44.6 Å². The summed E-state index contributed by atoms with van der Waals surface area (Å²) >= 11 is 2.12. The number of thioether (sulfide) groups is 1. The van der Waals surface area contributed by atoms with Crippen LogP contribution in [0.15, 0.2) is 0 Å². The smallest absolute Gasteiger partial charge is 0.0191 e. The van der Waals surface area contributed by atoms with Crippen molar-refractivity contribution < 1.29 is 0 Å². The quantitative estimate of drug-likeness (QED) is 0.817. The van der Waals surface area contributed by atoms with Crippen LogP contribution in [0.3, 0.4) is 0 Å². The van der Waals surface area contributed by atoms with Gasteiger partial charge < -0.3 is 10.2 Å². The van der Waals surface area contributed by atoms with Crippen molar-refractivity contribution >= 4 is 11.8 Å². The van der Waals surface area contributed by atoms with Crippen LogP contribution in [0.4, 0.5) is 0 Å². The third-order valence-corrected chi connectivity index (χ3v) is 5.69. The first kappa shape index (κ1) is 12.7. The maximum atomic E-state index is 3.82. The van der Waals surface area contributed by atoms with Crippen LogP contribution < -0.4 is 5.32 Å². The highest BCUT2D eigenvalue weighted by atomic mass is 32.2. The van der Waals surface area contributed by atoms with Crippen molar-refractivity contribution in [1.82, 2.24) is 10.2 Å². The van der Waals surface area contributed by atoms with Gasteiger partial charge in [-0.1, -0.05) is 13.8 Å². The van der Waals surface area contributed by atoms with Crippen molar-refractivity contribution in [2.24, 2.45) is 5.41 Å². The number of likely N-dealkylation sites (tertiary alicyclic amines) is 1. The largest absolute Gasteiger partial charge is 0.312 e. The summed E-state index contributed by atoms with van der Waals surface area (Å²) in [6.07, 6.45) is 4.07. The lowest BCUT2D eigenvalue weighted by Gasteiger charge is -2.39. The Kier molecular flexibility index (Phi) is 4.20. The van der Waals surface area contributed by atoms with E-state index in [0.29, 0.717) is 5.41 Å². The number of nitrogens with zero attached hydrogens (tertiary/aromatic N) is 1. The summed E-state index contributed by atoms with van der Waals surface area (Å²) in [6, 6.07) is 0.765. The molecule has 2 unspecified atom stereocenters. The maximum absolute atomic E-state index is 3.82. The average molecular weight is 242 g/mol. The first-order valence-corrected chi connectivity index (χ1v) is 7.67. The molecule has 0 bridgehead atoms. The van der Waals surface area contributed by atoms with E-state index in [1.807, 2.05) is 0 Å². The molecule has 0 saturated carbocycles. The van der Waals surface area contributed by atoms with Gasteiger partial charge in [-0.3, -0.25) is 0 Å². The van der Waals surface area contributed by atoms with Crippen molar-refractivity contribution in [3.8, 4) is 0 Å². The Morgan fingerprint density at radius 1 is 1.38 bits per heavy atom. The molecule has 94 valence electrons. The lowest BCUT2D eigenvalue weighted by atomic mass is 9.80. The van der Waals surface area contributed by atoms with E-state index >= 15 is 0 Å². The van der Waals surface area contributed by atoms with Crippen molar-refractivity contribution in [1.29, 1.82) is 0 Å². The molecule has 0 aromatic rings. The normalized spacial score (nSPS) is 35.4. The van der Waals surface area contributed by atoms with E-state index in [-0.39, 0.29) is 0 Å². The van der Waals surface area contributed by atoms with Gasteiger partial charge in [-0.05, 0) is 50.6 Å². The van der Waals surface area contributed by atoms with Crippen LogP contribution in [0.25, 0.3) is 0 Å². The van der Waals surface area contributed by atoms with Crippen LogP contribution in [-0.2, 0) is 0 Å². The topological polar surface area (TPSA) is 15.3 Å². The zero-order chi connectivity index (χ0) is 11.6. The molecule has 0 spiro atoms. The highest BCUT2D eigenvalue weighted by Gasteiger charge is 2.31. The molecule has 2 rings (SSSR count). The minimum Gasteiger partial charge on any atom is -0.312 e. The van der Waals surface area contributed by atoms with Gasteiger partial charge in [-0.15, -0.1) is 0 Å². The second kappa shape index (κ2) is 5.28. The summed E-state index contributed by atoms with van der Waals surface area (Å²) in [4.78, 5) is 2.45. The summed E-state index contributed by atoms with van der Waals surface area (Å²) < 4.78 is 0. The van der Waals surface area contributed by atoms with Gasteiger partial charge in [0.15, 0.2) is 0 Å². The van der Waals surface area contributed by atoms with Crippen LogP contribution in [0.2, 0.25) is 0 Å². The summed E-state index contributed by atoms with van der Waals surface area (Å²) in [5, 5.41) is 4.63. The number of rotatable bonds is 3. The predicted octanol–water partition coefficient (Wildman–Crippen LogP) is 2.20. The monoisotopic (exact) mass is 242 g/mol. The molecule has 2 fully saturated rings. The van der Waals surface area contributed by atoms with E-state index in [4.69, 9.17) is 0 Å². The highest BCUT2D eigenvalue weighted by Crippen LogP contribution is 2.31. The van der Waals surface area contributed by atoms with E-state index in [1.54, 1.807) is 0 Å². The summed E-state index contributed by atoms with van der Waals surface area (Å²) in [5.41, 5.74) is 0.541. The van der Waals surface area contributed by atoms with Crippen LogP contribution in [0, 0.1) is 5.41 Å². The number of hydrogen-bond acceptors (Lipinski definition) is 3. The molecule has 2 heterocycles. The molecule has 2 aliphatic rings. The zero-order valence-electron chi connectivity index (χ0n) is 11.0. The summed E-state index contributed by atoms with van der Waals surface area (Å²) in [5.74, 6) is 1.35. The molecule has 0 aromatic carbocycles. The lowest BCUT2D eigenvalue weighted by molar-refractivity contribution is 0.133. The maximum Gasteiger partial charge on any atom is 0.0191 e. The van der Waals surface area contributed by atoms with Gasteiger partial charge >= 0.3 is 0 Å². The van der Waals surface area contributed by atoms with Crippen molar-refractivity contribution in [2.45, 2.75) is 44.4 Å². The Hall–Kier alpha value is 0.270. The molecule has 0 aromatic heterocycles. The van der Waals surface area contributed by atoms with Crippen LogP contribution in [-0.4, -0.2) is 48.6 Å². The molecule has 0 radical (unpaired) electrons. The van der Waals surface area contributed by atoms with Gasteiger partial charge in [0, 0.05) is 17.8 Å². The molecule has 16 heavy (non-hydrogen) atoms. The Morgan fingerprint density at radius 2 is 2.06 bits per heavy atom. The fraction of sp³-hybridized carbons (Fsp3) is 1.00. The highest BCUT2D eigenvalue weighted by molar-refractivity contribution is 8.00. The summed E-state index contributed by atoms with van der Waals surface area (Å²) in [6.45, 7) is 8.59. The SMILES string of the molecule is CC1SCCC1NCC1(C)CCN(C)CC1. The zero-order valence-corrected chi connectivity index (χ0v) is 11.8.